The molecule has 2 rings (SSSR count). The van der Waals surface area contributed by atoms with Gasteiger partial charge in [-0.15, -0.1) is 11.3 Å². The van der Waals surface area contributed by atoms with Crippen LogP contribution in [-0.4, -0.2) is 20.6 Å². The van der Waals surface area contributed by atoms with Crippen LogP contribution in [0.5, 0.6) is 0 Å². The number of carboxylic acids is 1. The van der Waals surface area contributed by atoms with Crippen molar-refractivity contribution in [3.8, 4) is 0 Å². The van der Waals surface area contributed by atoms with Gasteiger partial charge in [-0.25, -0.2) is 14.2 Å². The van der Waals surface area contributed by atoms with Gasteiger partial charge in [-0.2, -0.15) is 0 Å². The molecule has 0 bridgehead atoms. The molecule has 2 aromatic heterocycles. The quantitative estimate of drug-likeness (QED) is 0.885. The number of nitrogens with one attached hydrogen (secondary N) is 1. The van der Waals surface area contributed by atoms with Gasteiger partial charge in [-0.1, -0.05) is 13.8 Å². The molecule has 0 aliphatic rings. The third-order valence-corrected chi connectivity index (χ3v) is 4.20. The van der Waals surface area contributed by atoms with E-state index < -0.39 is 23.3 Å². The van der Waals surface area contributed by atoms with Crippen LogP contribution < -0.4 is 11.2 Å². The van der Waals surface area contributed by atoms with Crippen molar-refractivity contribution in [1.29, 1.82) is 0 Å². The molecule has 2 heterocycles. The van der Waals surface area contributed by atoms with Crippen LogP contribution in [0.3, 0.4) is 0 Å². The Morgan fingerprint density at radius 3 is 2.68 bits per heavy atom. The maximum Gasteiger partial charge on any atom is 0.330 e. The van der Waals surface area contributed by atoms with E-state index in [0.717, 1.165) is 15.9 Å². The monoisotopic (exact) mass is 282 g/mol. The van der Waals surface area contributed by atoms with Gasteiger partial charge in [-0.3, -0.25) is 9.78 Å². The second kappa shape index (κ2) is 5.00. The molecule has 19 heavy (non-hydrogen) atoms. The van der Waals surface area contributed by atoms with Gasteiger partial charge in [0.05, 0.1) is 5.39 Å². The van der Waals surface area contributed by atoms with Crippen LogP contribution in [0, 0.1) is 0 Å². The molecule has 0 aromatic carbocycles. The van der Waals surface area contributed by atoms with Gasteiger partial charge in [0.15, 0.2) is 0 Å². The predicted octanol–water partition coefficient (Wildman–Crippen LogP) is 1.35. The first kappa shape index (κ1) is 13.5. The van der Waals surface area contributed by atoms with Crippen LogP contribution in [-0.2, 0) is 11.2 Å². The van der Waals surface area contributed by atoms with Crippen molar-refractivity contribution in [3.05, 3.63) is 31.8 Å². The number of aliphatic carboxylic acids is 1. The molecule has 0 amide bonds. The summed E-state index contributed by atoms with van der Waals surface area (Å²) in [5, 5.41) is 9.47. The van der Waals surface area contributed by atoms with E-state index in [1.807, 2.05) is 6.92 Å². The number of aryl methyl sites for hydroxylation is 1. The second-order valence-corrected chi connectivity index (χ2v) is 5.31. The number of hydrogen-bond donors (Lipinski definition) is 2. The van der Waals surface area contributed by atoms with Crippen LogP contribution >= 0.6 is 11.3 Å². The van der Waals surface area contributed by atoms with Crippen molar-refractivity contribution < 1.29 is 9.90 Å². The average Bonchev–Trinajstić information content (AvgIpc) is 2.77. The molecule has 0 saturated carbocycles. The topological polar surface area (TPSA) is 92.2 Å². The van der Waals surface area contributed by atoms with E-state index in [1.54, 1.807) is 13.0 Å². The highest BCUT2D eigenvalue weighted by molar-refractivity contribution is 7.18. The van der Waals surface area contributed by atoms with E-state index in [4.69, 9.17) is 5.11 Å². The predicted molar refractivity (Wildman–Crippen MR) is 73.0 cm³/mol. The Bertz CT molecular complexity index is 740. The molecule has 2 N–H and O–H groups in total. The second-order valence-electron chi connectivity index (χ2n) is 4.18. The summed E-state index contributed by atoms with van der Waals surface area (Å²) in [7, 11) is 0. The molecule has 2 aromatic rings. The van der Waals surface area contributed by atoms with Gasteiger partial charge >= 0.3 is 11.7 Å². The molecule has 0 fully saturated rings. The SMILES string of the molecule is CCc1cc2c(=O)n(C(CC)C(=O)O)c(=O)[nH]c2s1. The van der Waals surface area contributed by atoms with Crippen molar-refractivity contribution in [2.45, 2.75) is 32.7 Å². The maximum absolute atomic E-state index is 12.3. The molecular weight excluding hydrogens is 268 g/mol. The number of carbonyl (C=O) groups is 1. The highest BCUT2D eigenvalue weighted by Gasteiger charge is 2.23. The summed E-state index contributed by atoms with van der Waals surface area (Å²) in [4.78, 5) is 39.4. The highest BCUT2D eigenvalue weighted by atomic mass is 32.1. The molecule has 102 valence electrons. The van der Waals surface area contributed by atoms with Crippen molar-refractivity contribution in [3.63, 3.8) is 0 Å². The number of fused-ring (bicyclic) bond motifs is 1. The minimum absolute atomic E-state index is 0.175. The first-order valence-corrected chi connectivity index (χ1v) is 6.81. The number of thiophene rings is 1. The number of aromatic amines is 1. The van der Waals surface area contributed by atoms with Gasteiger partial charge in [0, 0.05) is 4.88 Å². The first-order chi connectivity index (χ1) is 8.99. The molecule has 1 unspecified atom stereocenters. The lowest BCUT2D eigenvalue weighted by molar-refractivity contribution is -0.141. The Morgan fingerprint density at radius 2 is 2.16 bits per heavy atom. The van der Waals surface area contributed by atoms with Crippen LogP contribution in [0.1, 0.15) is 31.2 Å². The largest absolute Gasteiger partial charge is 0.480 e. The molecule has 7 heteroatoms. The fourth-order valence-electron chi connectivity index (χ4n) is 2.00. The van der Waals surface area contributed by atoms with Crippen molar-refractivity contribution >= 4 is 27.5 Å². The third-order valence-electron chi connectivity index (χ3n) is 3.00. The molecule has 0 aliphatic heterocycles. The van der Waals surface area contributed by atoms with Gasteiger partial charge in [0.1, 0.15) is 10.9 Å². The Hall–Kier alpha value is -1.89. The summed E-state index contributed by atoms with van der Waals surface area (Å²) in [6.45, 7) is 3.58. The fourth-order valence-corrected chi connectivity index (χ4v) is 2.98. The number of carboxylic acid groups (broad SMARTS) is 1. The standard InChI is InChI=1S/C12H14N2O4S/c1-3-6-5-7-9(19-6)13-12(18)14(10(7)15)8(4-2)11(16)17/h5,8H,3-4H2,1-2H3,(H,13,18)(H,16,17). The molecular formula is C12H14N2O4S. The summed E-state index contributed by atoms with van der Waals surface area (Å²) >= 11 is 1.35. The number of H-pyrrole nitrogens is 1. The molecule has 0 saturated heterocycles. The molecule has 0 spiro atoms. The van der Waals surface area contributed by atoms with Gasteiger partial charge in [0.25, 0.3) is 5.56 Å². The van der Waals surface area contributed by atoms with E-state index in [1.165, 1.54) is 11.3 Å². The summed E-state index contributed by atoms with van der Waals surface area (Å²) in [6.07, 6.45) is 0.936. The maximum atomic E-state index is 12.3. The number of rotatable bonds is 4. The number of aromatic nitrogens is 2. The number of nitrogens with zero attached hydrogens (tertiary/aromatic N) is 1. The summed E-state index contributed by atoms with van der Waals surface area (Å²) in [5.41, 5.74) is -1.21. The zero-order chi connectivity index (χ0) is 14.2. The van der Waals surface area contributed by atoms with Gasteiger partial charge in [0.2, 0.25) is 0 Å². The summed E-state index contributed by atoms with van der Waals surface area (Å²) in [5.74, 6) is -1.18. The lowest BCUT2D eigenvalue weighted by Crippen LogP contribution is -2.40. The fraction of sp³-hybridized carbons (Fsp3) is 0.417. The molecule has 0 radical (unpaired) electrons. The van der Waals surface area contributed by atoms with Gasteiger partial charge in [-0.05, 0) is 18.9 Å². The Morgan fingerprint density at radius 1 is 1.47 bits per heavy atom. The minimum atomic E-state index is -1.18. The van der Waals surface area contributed by atoms with Crippen LogP contribution in [0.4, 0.5) is 0 Å². The van der Waals surface area contributed by atoms with E-state index in [0.29, 0.717) is 10.2 Å². The van der Waals surface area contributed by atoms with Crippen LogP contribution in [0.2, 0.25) is 0 Å². The zero-order valence-corrected chi connectivity index (χ0v) is 11.4. The van der Waals surface area contributed by atoms with E-state index in [2.05, 4.69) is 4.98 Å². The zero-order valence-electron chi connectivity index (χ0n) is 10.6. The minimum Gasteiger partial charge on any atom is -0.480 e. The molecule has 0 aliphatic carbocycles. The summed E-state index contributed by atoms with van der Waals surface area (Å²) in [6, 6.07) is 0.578. The average molecular weight is 282 g/mol. The highest BCUT2D eigenvalue weighted by Crippen LogP contribution is 2.21. The van der Waals surface area contributed by atoms with Crippen molar-refractivity contribution in [2.75, 3.05) is 0 Å². The number of hydrogen-bond acceptors (Lipinski definition) is 4. The van der Waals surface area contributed by atoms with Gasteiger partial charge < -0.3 is 5.11 Å². The van der Waals surface area contributed by atoms with Crippen LogP contribution in [0.15, 0.2) is 15.7 Å². The molecule has 1 atom stereocenters. The Kier molecular flexibility index (Phi) is 3.57. The van der Waals surface area contributed by atoms with Crippen LogP contribution in [0.25, 0.3) is 10.2 Å². The molecule has 6 nitrogen and oxygen atoms in total. The van der Waals surface area contributed by atoms with Crippen molar-refractivity contribution in [2.24, 2.45) is 0 Å². The first-order valence-electron chi connectivity index (χ1n) is 5.99. The Balaban J connectivity index is 2.78. The van der Waals surface area contributed by atoms with Crippen molar-refractivity contribution in [1.82, 2.24) is 9.55 Å². The normalized spacial score (nSPS) is 12.7. The lowest BCUT2D eigenvalue weighted by atomic mass is 10.2. The van der Waals surface area contributed by atoms with E-state index in [9.17, 15) is 14.4 Å². The third kappa shape index (κ3) is 2.21. The smallest absolute Gasteiger partial charge is 0.330 e. The summed E-state index contributed by atoms with van der Waals surface area (Å²) < 4.78 is 0.789. The van der Waals surface area contributed by atoms with E-state index >= 15 is 0 Å². The Labute approximate surface area is 112 Å². The van der Waals surface area contributed by atoms with E-state index in [-0.39, 0.29) is 6.42 Å². The lowest BCUT2D eigenvalue weighted by Gasteiger charge is -2.11.